The molecule has 0 radical (unpaired) electrons. The summed E-state index contributed by atoms with van der Waals surface area (Å²) in [6.45, 7) is 0.906. The minimum atomic E-state index is 0.753. The van der Waals surface area contributed by atoms with Gasteiger partial charge in [0.1, 0.15) is 5.00 Å². The molecule has 0 fully saturated rings. The predicted molar refractivity (Wildman–Crippen MR) is 63.0 cm³/mol. The lowest BCUT2D eigenvalue weighted by molar-refractivity contribution is 1.02. The largest absolute Gasteiger partial charge is 0.389 e. The standard InChI is InChI=1S/C9H11N3S2/c10-8-5-12-9(14-8)11-3-1-7-2-4-13-6-7/h2,4-6H,1,3,10H2,(H,11,12). The normalized spacial score (nSPS) is 10.3. The van der Waals surface area contributed by atoms with Gasteiger partial charge in [-0.05, 0) is 28.8 Å². The molecular weight excluding hydrogens is 214 g/mol. The van der Waals surface area contributed by atoms with Gasteiger partial charge in [0.05, 0.1) is 6.20 Å². The summed E-state index contributed by atoms with van der Waals surface area (Å²) in [7, 11) is 0. The van der Waals surface area contributed by atoms with Crippen molar-refractivity contribution in [3.8, 4) is 0 Å². The van der Waals surface area contributed by atoms with Gasteiger partial charge in [0.2, 0.25) is 0 Å². The molecule has 2 aromatic rings. The highest BCUT2D eigenvalue weighted by Gasteiger charge is 1.97. The van der Waals surface area contributed by atoms with Crippen LogP contribution in [0.4, 0.5) is 10.1 Å². The maximum absolute atomic E-state index is 5.56. The number of thiazole rings is 1. The molecule has 0 aliphatic heterocycles. The summed E-state index contributed by atoms with van der Waals surface area (Å²) in [6, 6.07) is 2.14. The first kappa shape index (κ1) is 9.48. The quantitative estimate of drug-likeness (QED) is 0.840. The van der Waals surface area contributed by atoms with Gasteiger partial charge < -0.3 is 11.1 Å². The number of aromatic nitrogens is 1. The highest BCUT2D eigenvalue weighted by Crippen LogP contribution is 2.19. The van der Waals surface area contributed by atoms with Crippen molar-refractivity contribution in [1.29, 1.82) is 0 Å². The van der Waals surface area contributed by atoms with Gasteiger partial charge in [0, 0.05) is 6.54 Å². The SMILES string of the molecule is Nc1cnc(NCCc2ccsc2)s1. The van der Waals surface area contributed by atoms with Crippen LogP contribution in [-0.4, -0.2) is 11.5 Å². The number of hydrogen-bond donors (Lipinski definition) is 2. The van der Waals surface area contributed by atoms with Gasteiger partial charge >= 0.3 is 0 Å². The van der Waals surface area contributed by atoms with Crippen molar-refractivity contribution < 1.29 is 0 Å². The molecule has 0 unspecified atom stereocenters. The van der Waals surface area contributed by atoms with Crippen molar-refractivity contribution in [2.75, 3.05) is 17.6 Å². The van der Waals surface area contributed by atoms with Gasteiger partial charge in [-0.3, -0.25) is 0 Å². The fourth-order valence-electron chi connectivity index (χ4n) is 1.12. The Bertz CT molecular complexity index is 380. The van der Waals surface area contributed by atoms with Crippen molar-refractivity contribution in [3.05, 3.63) is 28.6 Å². The van der Waals surface area contributed by atoms with E-state index in [0.717, 1.165) is 23.1 Å². The molecule has 2 aromatic heterocycles. The molecule has 0 aromatic carbocycles. The first-order valence-electron chi connectivity index (χ1n) is 4.31. The number of thiophene rings is 1. The fraction of sp³-hybridized carbons (Fsp3) is 0.222. The average molecular weight is 225 g/mol. The van der Waals surface area contributed by atoms with E-state index >= 15 is 0 Å². The van der Waals surface area contributed by atoms with E-state index in [0.29, 0.717) is 0 Å². The summed E-state index contributed by atoms with van der Waals surface area (Å²) in [5, 5.41) is 9.15. The summed E-state index contributed by atoms with van der Waals surface area (Å²) in [5.41, 5.74) is 6.93. The number of nitrogen functional groups attached to an aromatic ring is 1. The van der Waals surface area contributed by atoms with Gasteiger partial charge in [-0.2, -0.15) is 11.3 Å². The van der Waals surface area contributed by atoms with Crippen LogP contribution >= 0.6 is 22.7 Å². The summed E-state index contributed by atoms with van der Waals surface area (Å²) in [5.74, 6) is 0. The van der Waals surface area contributed by atoms with Crippen LogP contribution < -0.4 is 11.1 Å². The summed E-state index contributed by atoms with van der Waals surface area (Å²) < 4.78 is 0. The van der Waals surface area contributed by atoms with E-state index in [9.17, 15) is 0 Å². The molecule has 0 saturated heterocycles. The van der Waals surface area contributed by atoms with Crippen LogP contribution in [0.5, 0.6) is 0 Å². The molecule has 3 nitrogen and oxygen atoms in total. The number of nitrogens with two attached hydrogens (primary N) is 1. The molecule has 14 heavy (non-hydrogen) atoms. The van der Waals surface area contributed by atoms with E-state index < -0.39 is 0 Å². The van der Waals surface area contributed by atoms with Crippen molar-refractivity contribution in [3.63, 3.8) is 0 Å². The first-order valence-corrected chi connectivity index (χ1v) is 6.07. The van der Waals surface area contributed by atoms with Crippen molar-refractivity contribution >= 4 is 32.8 Å². The molecule has 0 atom stereocenters. The zero-order chi connectivity index (χ0) is 9.80. The molecule has 0 bridgehead atoms. The first-order chi connectivity index (χ1) is 6.84. The second kappa shape index (κ2) is 4.43. The zero-order valence-electron chi connectivity index (χ0n) is 7.56. The predicted octanol–water partition coefficient (Wildman–Crippen LogP) is 2.44. The van der Waals surface area contributed by atoms with E-state index in [1.54, 1.807) is 17.5 Å². The highest BCUT2D eigenvalue weighted by atomic mass is 32.1. The van der Waals surface area contributed by atoms with Crippen molar-refractivity contribution in [1.82, 2.24) is 4.98 Å². The molecule has 3 N–H and O–H groups in total. The minimum Gasteiger partial charge on any atom is -0.389 e. The van der Waals surface area contributed by atoms with Crippen LogP contribution in [0.25, 0.3) is 0 Å². The van der Waals surface area contributed by atoms with Crippen molar-refractivity contribution in [2.45, 2.75) is 6.42 Å². The minimum absolute atomic E-state index is 0.753. The third-order valence-electron chi connectivity index (χ3n) is 1.79. The molecule has 0 saturated carbocycles. The number of anilines is 2. The van der Waals surface area contributed by atoms with Crippen LogP contribution in [0.3, 0.4) is 0 Å². The monoisotopic (exact) mass is 225 g/mol. The lowest BCUT2D eigenvalue weighted by Crippen LogP contribution is -2.03. The Morgan fingerprint density at radius 3 is 3.07 bits per heavy atom. The maximum Gasteiger partial charge on any atom is 0.184 e. The maximum atomic E-state index is 5.56. The number of nitrogens with one attached hydrogen (secondary N) is 1. The Morgan fingerprint density at radius 2 is 2.43 bits per heavy atom. The van der Waals surface area contributed by atoms with Crippen LogP contribution in [0.2, 0.25) is 0 Å². The smallest absolute Gasteiger partial charge is 0.184 e. The molecule has 74 valence electrons. The van der Waals surface area contributed by atoms with Gasteiger partial charge in [0.25, 0.3) is 0 Å². The molecule has 0 aliphatic rings. The molecule has 0 aliphatic carbocycles. The second-order valence-corrected chi connectivity index (χ2v) is 4.72. The summed E-state index contributed by atoms with van der Waals surface area (Å²) in [6.07, 6.45) is 2.71. The number of hydrogen-bond acceptors (Lipinski definition) is 5. The van der Waals surface area contributed by atoms with Crippen LogP contribution in [0.15, 0.2) is 23.0 Å². The van der Waals surface area contributed by atoms with Gasteiger partial charge in [-0.25, -0.2) is 4.98 Å². The third-order valence-corrected chi connectivity index (χ3v) is 3.31. The van der Waals surface area contributed by atoms with Gasteiger partial charge in [-0.1, -0.05) is 11.3 Å². The molecule has 2 rings (SSSR count). The Morgan fingerprint density at radius 1 is 1.50 bits per heavy atom. The average Bonchev–Trinajstić information content (AvgIpc) is 2.77. The molecule has 0 spiro atoms. The molecule has 5 heteroatoms. The van der Waals surface area contributed by atoms with Crippen LogP contribution in [-0.2, 0) is 6.42 Å². The number of rotatable bonds is 4. The third kappa shape index (κ3) is 2.46. The summed E-state index contributed by atoms with van der Waals surface area (Å²) in [4.78, 5) is 4.12. The lowest BCUT2D eigenvalue weighted by Gasteiger charge is -1.99. The Balaban J connectivity index is 1.78. The van der Waals surface area contributed by atoms with Gasteiger partial charge in [-0.15, -0.1) is 0 Å². The van der Waals surface area contributed by atoms with Crippen molar-refractivity contribution in [2.24, 2.45) is 0 Å². The lowest BCUT2D eigenvalue weighted by atomic mass is 10.2. The van der Waals surface area contributed by atoms with E-state index in [1.807, 2.05) is 0 Å². The molecule has 2 heterocycles. The van der Waals surface area contributed by atoms with Crippen LogP contribution in [0.1, 0.15) is 5.56 Å². The van der Waals surface area contributed by atoms with E-state index in [4.69, 9.17) is 5.73 Å². The second-order valence-electron chi connectivity index (χ2n) is 2.88. The Kier molecular flexibility index (Phi) is 3.00. The summed E-state index contributed by atoms with van der Waals surface area (Å²) >= 11 is 3.21. The number of nitrogens with zero attached hydrogens (tertiary/aromatic N) is 1. The van der Waals surface area contributed by atoms with E-state index in [2.05, 4.69) is 27.1 Å². The zero-order valence-corrected chi connectivity index (χ0v) is 9.20. The Labute approximate surface area is 90.6 Å². The van der Waals surface area contributed by atoms with Gasteiger partial charge in [0.15, 0.2) is 5.13 Å². The highest BCUT2D eigenvalue weighted by molar-refractivity contribution is 7.19. The van der Waals surface area contributed by atoms with Crippen LogP contribution in [0, 0.1) is 0 Å². The molecular formula is C9H11N3S2. The molecule has 0 amide bonds. The topological polar surface area (TPSA) is 50.9 Å². The Hall–Kier alpha value is -1.07. The van der Waals surface area contributed by atoms with E-state index in [1.165, 1.54) is 16.9 Å². The fourth-order valence-corrected chi connectivity index (χ4v) is 2.43. The van der Waals surface area contributed by atoms with E-state index in [-0.39, 0.29) is 0 Å².